The van der Waals surface area contributed by atoms with Gasteiger partial charge in [-0.1, -0.05) is 30.3 Å². The molecule has 1 fully saturated rings. The molecule has 1 heterocycles. The van der Waals surface area contributed by atoms with Crippen molar-refractivity contribution >= 4 is 32.3 Å². The van der Waals surface area contributed by atoms with Gasteiger partial charge in [-0.3, -0.25) is 0 Å². The second-order valence-corrected chi connectivity index (χ2v) is 3.82. The highest BCUT2D eigenvalue weighted by atomic mass is 127. The number of benzene rings is 1. The summed E-state index contributed by atoms with van der Waals surface area (Å²) in [5.74, 6) is 0.585. The standard InChI is InChI=1S/C10H7IO3/c11-9(7-4-2-1-3-5-7)8-6-13-10(12)14-8/h1-5H,6H2/b9-8+. The normalized spacial score (nSPS) is 18.8. The maximum absolute atomic E-state index is 10.7. The maximum atomic E-state index is 10.7. The number of halogens is 1. The lowest BCUT2D eigenvalue weighted by Gasteiger charge is -2.00. The Labute approximate surface area is 94.8 Å². The molecule has 0 N–H and O–H groups in total. The first-order valence-corrected chi connectivity index (χ1v) is 5.14. The minimum Gasteiger partial charge on any atom is -0.426 e. The molecule has 0 saturated carbocycles. The van der Waals surface area contributed by atoms with Crippen molar-refractivity contribution in [1.29, 1.82) is 0 Å². The van der Waals surface area contributed by atoms with Crippen LogP contribution in [-0.2, 0) is 9.47 Å². The van der Waals surface area contributed by atoms with Gasteiger partial charge in [-0.2, -0.15) is 0 Å². The van der Waals surface area contributed by atoms with Crippen molar-refractivity contribution in [3.63, 3.8) is 0 Å². The van der Waals surface area contributed by atoms with Gasteiger partial charge in [-0.25, -0.2) is 4.79 Å². The highest BCUT2D eigenvalue weighted by Crippen LogP contribution is 2.28. The summed E-state index contributed by atoms with van der Waals surface area (Å²) in [6.07, 6.45) is -0.620. The molecular weight excluding hydrogens is 295 g/mol. The van der Waals surface area contributed by atoms with Crippen molar-refractivity contribution in [2.75, 3.05) is 6.61 Å². The number of ether oxygens (including phenoxy) is 2. The summed E-state index contributed by atoms with van der Waals surface area (Å²) >= 11 is 2.14. The zero-order chi connectivity index (χ0) is 9.97. The fraction of sp³-hybridized carbons (Fsp3) is 0.100. The van der Waals surface area contributed by atoms with Gasteiger partial charge in [0.15, 0.2) is 12.4 Å². The Balaban J connectivity index is 2.31. The van der Waals surface area contributed by atoms with E-state index in [0.29, 0.717) is 5.76 Å². The summed E-state index contributed by atoms with van der Waals surface area (Å²) < 4.78 is 10.5. The second-order valence-electron chi connectivity index (χ2n) is 2.74. The molecule has 72 valence electrons. The number of cyclic esters (lactones) is 2. The van der Waals surface area contributed by atoms with E-state index in [0.717, 1.165) is 9.14 Å². The van der Waals surface area contributed by atoms with E-state index in [1.807, 2.05) is 30.3 Å². The number of rotatable bonds is 1. The van der Waals surface area contributed by atoms with E-state index in [9.17, 15) is 4.79 Å². The molecule has 1 aliphatic heterocycles. The SMILES string of the molecule is O=C1OC/C(=C(\I)c2ccccc2)O1. The molecule has 0 bridgehead atoms. The van der Waals surface area contributed by atoms with Crippen molar-refractivity contribution in [2.24, 2.45) is 0 Å². The number of carbonyl (C=O) groups is 1. The van der Waals surface area contributed by atoms with E-state index in [2.05, 4.69) is 27.3 Å². The van der Waals surface area contributed by atoms with E-state index in [-0.39, 0.29) is 6.61 Å². The first kappa shape index (κ1) is 9.51. The smallest absolute Gasteiger partial charge is 0.426 e. The predicted octanol–water partition coefficient (Wildman–Crippen LogP) is 2.96. The molecular formula is C10H7IO3. The van der Waals surface area contributed by atoms with Crippen LogP contribution in [0.2, 0.25) is 0 Å². The molecule has 0 radical (unpaired) electrons. The summed E-state index contributed by atoms with van der Waals surface area (Å²) in [4.78, 5) is 10.7. The Kier molecular flexibility index (Phi) is 2.72. The highest BCUT2D eigenvalue weighted by molar-refractivity contribution is 14.1. The molecule has 1 aliphatic rings. The lowest BCUT2D eigenvalue weighted by atomic mass is 10.2. The van der Waals surface area contributed by atoms with E-state index < -0.39 is 6.16 Å². The van der Waals surface area contributed by atoms with E-state index >= 15 is 0 Å². The maximum Gasteiger partial charge on any atom is 0.514 e. The van der Waals surface area contributed by atoms with Crippen molar-refractivity contribution in [2.45, 2.75) is 0 Å². The molecule has 4 heteroatoms. The largest absolute Gasteiger partial charge is 0.514 e. The molecule has 0 unspecified atom stereocenters. The summed E-state index contributed by atoms with van der Waals surface area (Å²) in [5.41, 5.74) is 1.03. The van der Waals surface area contributed by atoms with Crippen LogP contribution < -0.4 is 0 Å². The van der Waals surface area contributed by atoms with Crippen molar-refractivity contribution in [1.82, 2.24) is 0 Å². The molecule has 1 aromatic rings. The van der Waals surface area contributed by atoms with Crippen molar-refractivity contribution in [3.8, 4) is 0 Å². The van der Waals surface area contributed by atoms with Crippen LogP contribution in [0.25, 0.3) is 3.58 Å². The fourth-order valence-electron chi connectivity index (χ4n) is 1.14. The molecule has 0 aromatic heterocycles. The molecule has 0 atom stereocenters. The summed E-state index contributed by atoms with van der Waals surface area (Å²) in [7, 11) is 0. The van der Waals surface area contributed by atoms with Gasteiger partial charge in [0.2, 0.25) is 0 Å². The van der Waals surface area contributed by atoms with Gasteiger partial charge >= 0.3 is 6.16 Å². The van der Waals surface area contributed by atoms with Crippen LogP contribution in [0.1, 0.15) is 5.56 Å². The Bertz CT molecular complexity index is 384. The molecule has 1 aromatic carbocycles. The highest BCUT2D eigenvalue weighted by Gasteiger charge is 2.22. The fourth-order valence-corrected chi connectivity index (χ4v) is 1.76. The van der Waals surface area contributed by atoms with Crippen LogP contribution in [0.5, 0.6) is 0 Å². The van der Waals surface area contributed by atoms with Gasteiger partial charge in [-0.05, 0) is 28.2 Å². The van der Waals surface area contributed by atoms with Crippen molar-refractivity contribution in [3.05, 3.63) is 41.7 Å². The van der Waals surface area contributed by atoms with Crippen LogP contribution in [0.4, 0.5) is 4.79 Å². The first-order valence-electron chi connectivity index (χ1n) is 4.06. The monoisotopic (exact) mass is 302 g/mol. The third-order valence-electron chi connectivity index (χ3n) is 1.80. The van der Waals surface area contributed by atoms with Gasteiger partial charge < -0.3 is 9.47 Å². The lowest BCUT2D eigenvalue weighted by Crippen LogP contribution is -1.89. The molecule has 3 nitrogen and oxygen atoms in total. The van der Waals surface area contributed by atoms with Crippen LogP contribution in [0.3, 0.4) is 0 Å². The zero-order valence-corrected chi connectivity index (χ0v) is 9.35. The Morgan fingerprint density at radius 2 is 2.00 bits per heavy atom. The van der Waals surface area contributed by atoms with Gasteiger partial charge in [0.25, 0.3) is 0 Å². The molecule has 1 saturated heterocycles. The number of carbonyl (C=O) groups excluding carboxylic acids is 1. The number of hydrogen-bond acceptors (Lipinski definition) is 3. The van der Waals surface area contributed by atoms with Crippen molar-refractivity contribution < 1.29 is 14.3 Å². The Hall–Kier alpha value is -1.04. The predicted molar refractivity (Wildman–Crippen MR) is 59.8 cm³/mol. The zero-order valence-electron chi connectivity index (χ0n) is 7.20. The van der Waals surface area contributed by atoms with E-state index in [1.165, 1.54) is 0 Å². The first-order chi connectivity index (χ1) is 6.77. The number of hydrogen-bond donors (Lipinski definition) is 0. The second kappa shape index (κ2) is 4.00. The molecule has 2 rings (SSSR count). The average molecular weight is 302 g/mol. The quantitative estimate of drug-likeness (QED) is 0.591. The summed E-state index contributed by atoms with van der Waals surface area (Å²) in [6, 6.07) is 9.73. The summed E-state index contributed by atoms with van der Waals surface area (Å²) in [6.45, 7) is 0.228. The topological polar surface area (TPSA) is 35.5 Å². The molecule has 14 heavy (non-hydrogen) atoms. The van der Waals surface area contributed by atoms with Crippen LogP contribution in [0, 0.1) is 0 Å². The molecule has 0 aliphatic carbocycles. The Morgan fingerprint density at radius 3 is 2.57 bits per heavy atom. The van der Waals surface area contributed by atoms with Gasteiger partial charge in [0.05, 0.1) is 3.58 Å². The van der Waals surface area contributed by atoms with Crippen LogP contribution in [-0.4, -0.2) is 12.8 Å². The molecule has 0 spiro atoms. The van der Waals surface area contributed by atoms with Gasteiger partial charge in [0, 0.05) is 0 Å². The molecule has 0 amide bonds. The van der Waals surface area contributed by atoms with Crippen LogP contribution >= 0.6 is 22.6 Å². The minimum atomic E-state index is -0.620. The van der Waals surface area contributed by atoms with Gasteiger partial charge in [-0.15, -0.1) is 0 Å². The Morgan fingerprint density at radius 1 is 1.29 bits per heavy atom. The minimum absolute atomic E-state index is 0.228. The lowest BCUT2D eigenvalue weighted by molar-refractivity contribution is 0.136. The van der Waals surface area contributed by atoms with E-state index in [4.69, 9.17) is 4.74 Å². The third-order valence-corrected chi connectivity index (χ3v) is 3.02. The third kappa shape index (κ3) is 1.89. The van der Waals surface area contributed by atoms with Crippen LogP contribution in [0.15, 0.2) is 36.1 Å². The summed E-state index contributed by atoms with van der Waals surface area (Å²) in [5, 5.41) is 0. The average Bonchev–Trinajstić information content (AvgIpc) is 2.65. The van der Waals surface area contributed by atoms with Gasteiger partial charge in [0.1, 0.15) is 0 Å². The van der Waals surface area contributed by atoms with E-state index in [1.54, 1.807) is 0 Å².